The van der Waals surface area contributed by atoms with Gasteiger partial charge in [0.1, 0.15) is 0 Å². The molecular weight excluding hydrogens is 400 g/mol. The number of thioether (sulfide) groups is 1. The Hall–Kier alpha value is -2.51. The Kier molecular flexibility index (Phi) is 6.59. The Labute approximate surface area is 172 Å². The van der Waals surface area contributed by atoms with Crippen molar-refractivity contribution in [2.45, 2.75) is 23.7 Å². The van der Waals surface area contributed by atoms with E-state index < -0.39 is 24.0 Å². The highest BCUT2D eigenvalue weighted by molar-refractivity contribution is 7.98. The number of ether oxygens (including phenoxy) is 1. The molecule has 1 N–H and O–H groups in total. The van der Waals surface area contributed by atoms with Crippen LogP contribution in [0, 0.1) is 0 Å². The van der Waals surface area contributed by atoms with Crippen molar-refractivity contribution in [1.29, 1.82) is 0 Å². The highest BCUT2D eigenvalue weighted by Crippen LogP contribution is 2.24. The molecule has 3 rings (SSSR count). The number of esters is 1. The molecule has 1 saturated heterocycles. The van der Waals surface area contributed by atoms with Gasteiger partial charge in [-0.1, -0.05) is 23.7 Å². The highest BCUT2D eigenvalue weighted by atomic mass is 35.5. The molecule has 0 aromatic heterocycles. The van der Waals surface area contributed by atoms with E-state index in [4.69, 9.17) is 16.3 Å². The van der Waals surface area contributed by atoms with Gasteiger partial charge in [0.15, 0.2) is 6.10 Å². The average Bonchev–Trinajstić information content (AvgIpc) is 3.13. The zero-order valence-corrected chi connectivity index (χ0v) is 16.8. The van der Waals surface area contributed by atoms with Gasteiger partial charge in [-0.2, -0.15) is 0 Å². The number of nitrogens with one attached hydrogen (secondary N) is 1. The Bertz CT molecular complexity index is 871. The summed E-state index contributed by atoms with van der Waals surface area (Å²) in [5, 5.41) is 3.24. The molecule has 2 aromatic carbocycles. The molecule has 8 heteroatoms. The van der Waals surface area contributed by atoms with Crippen LogP contribution in [0.4, 0.5) is 4.79 Å². The second kappa shape index (κ2) is 9.12. The van der Waals surface area contributed by atoms with Crippen molar-refractivity contribution < 1.29 is 19.1 Å². The van der Waals surface area contributed by atoms with Crippen molar-refractivity contribution in [2.24, 2.45) is 0 Å². The van der Waals surface area contributed by atoms with Gasteiger partial charge in [0.25, 0.3) is 5.91 Å². The van der Waals surface area contributed by atoms with Crippen LogP contribution in [0.3, 0.4) is 0 Å². The molecule has 0 bridgehead atoms. The smallest absolute Gasteiger partial charge is 0.338 e. The zero-order valence-electron chi connectivity index (χ0n) is 15.2. The lowest BCUT2D eigenvalue weighted by Gasteiger charge is -2.18. The molecule has 28 heavy (non-hydrogen) atoms. The van der Waals surface area contributed by atoms with Gasteiger partial charge in [-0.3, -0.25) is 9.69 Å². The van der Waals surface area contributed by atoms with Crippen molar-refractivity contribution >= 4 is 41.3 Å². The SMILES string of the molecule is C[C@H](OC(=O)c1ccc(CSc2ccc(Cl)cc2)cc1)C(=O)N1CCNC1=O. The molecule has 3 amide bonds. The molecule has 0 radical (unpaired) electrons. The molecule has 0 saturated carbocycles. The fraction of sp³-hybridized carbons (Fsp3) is 0.250. The number of nitrogens with zero attached hydrogens (tertiary/aromatic N) is 1. The van der Waals surface area contributed by atoms with Crippen LogP contribution in [0.1, 0.15) is 22.8 Å². The van der Waals surface area contributed by atoms with E-state index >= 15 is 0 Å². The quantitative estimate of drug-likeness (QED) is 0.571. The molecule has 0 unspecified atom stereocenters. The van der Waals surface area contributed by atoms with Gasteiger partial charge in [-0.25, -0.2) is 9.59 Å². The predicted octanol–water partition coefficient (Wildman–Crippen LogP) is 3.73. The van der Waals surface area contributed by atoms with Gasteiger partial charge in [0.2, 0.25) is 0 Å². The average molecular weight is 419 g/mol. The predicted molar refractivity (Wildman–Crippen MR) is 107 cm³/mol. The van der Waals surface area contributed by atoms with E-state index in [1.807, 2.05) is 36.4 Å². The van der Waals surface area contributed by atoms with Crippen LogP contribution in [0.15, 0.2) is 53.4 Å². The first-order valence-corrected chi connectivity index (χ1v) is 10.1. The van der Waals surface area contributed by atoms with E-state index in [1.165, 1.54) is 6.92 Å². The van der Waals surface area contributed by atoms with Crippen LogP contribution in [-0.2, 0) is 15.3 Å². The molecule has 2 aromatic rings. The number of urea groups is 1. The normalized spacial score (nSPS) is 14.5. The second-order valence-electron chi connectivity index (χ2n) is 6.21. The first kappa shape index (κ1) is 20.2. The molecule has 0 aliphatic carbocycles. The summed E-state index contributed by atoms with van der Waals surface area (Å²) in [7, 11) is 0. The molecular formula is C20H19ClN2O4S. The van der Waals surface area contributed by atoms with Crippen molar-refractivity contribution in [2.75, 3.05) is 13.1 Å². The summed E-state index contributed by atoms with van der Waals surface area (Å²) in [5.41, 5.74) is 1.40. The van der Waals surface area contributed by atoms with Crippen molar-refractivity contribution in [3.63, 3.8) is 0 Å². The molecule has 6 nitrogen and oxygen atoms in total. The summed E-state index contributed by atoms with van der Waals surface area (Å²) < 4.78 is 5.21. The van der Waals surface area contributed by atoms with Gasteiger partial charge in [-0.15, -0.1) is 11.8 Å². The molecule has 146 valence electrons. The fourth-order valence-electron chi connectivity index (χ4n) is 2.61. The van der Waals surface area contributed by atoms with E-state index in [1.54, 1.807) is 23.9 Å². The summed E-state index contributed by atoms with van der Waals surface area (Å²) in [4.78, 5) is 38.2. The number of carbonyl (C=O) groups excluding carboxylic acids is 3. The van der Waals surface area contributed by atoms with Crippen LogP contribution in [0.25, 0.3) is 0 Å². The maximum atomic E-state index is 12.3. The van der Waals surface area contributed by atoms with E-state index in [9.17, 15) is 14.4 Å². The van der Waals surface area contributed by atoms with Crippen molar-refractivity contribution in [3.05, 3.63) is 64.7 Å². The fourth-order valence-corrected chi connectivity index (χ4v) is 3.60. The topological polar surface area (TPSA) is 75.7 Å². The Morgan fingerprint density at radius 2 is 1.86 bits per heavy atom. The lowest BCUT2D eigenvalue weighted by atomic mass is 10.1. The molecule has 1 fully saturated rings. The summed E-state index contributed by atoms with van der Waals surface area (Å²) >= 11 is 7.54. The van der Waals surface area contributed by atoms with Crippen LogP contribution in [0.5, 0.6) is 0 Å². The number of amides is 3. The summed E-state index contributed by atoms with van der Waals surface area (Å²) in [6.45, 7) is 2.14. The minimum atomic E-state index is -1.03. The van der Waals surface area contributed by atoms with Gasteiger partial charge in [0, 0.05) is 28.8 Å². The van der Waals surface area contributed by atoms with Crippen LogP contribution in [-0.4, -0.2) is 42.0 Å². The molecule has 1 aliphatic heterocycles. The summed E-state index contributed by atoms with van der Waals surface area (Å²) in [6.07, 6.45) is -1.03. The lowest BCUT2D eigenvalue weighted by molar-refractivity contribution is -0.136. The standard InChI is InChI=1S/C20H19ClN2O4S/c1-13(18(24)23-11-10-22-20(23)26)27-19(25)15-4-2-14(3-5-15)12-28-17-8-6-16(21)7-9-17/h2-9,13H,10-12H2,1H3,(H,22,26)/t13-/m0/s1. The molecule has 0 spiro atoms. The maximum Gasteiger partial charge on any atom is 0.338 e. The van der Waals surface area contributed by atoms with Gasteiger partial charge in [-0.05, 0) is 48.9 Å². The van der Waals surface area contributed by atoms with Crippen molar-refractivity contribution in [1.82, 2.24) is 10.2 Å². The zero-order chi connectivity index (χ0) is 20.1. The first-order chi connectivity index (χ1) is 13.4. The summed E-state index contributed by atoms with van der Waals surface area (Å²) in [5.74, 6) is -0.382. The largest absolute Gasteiger partial charge is 0.449 e. The van der Waals surface area contributed by atoms with Crippen LogP contribution >= 0.6 is 23.4 Å². The Morgan fingerprint density at radius 1 is 1.18 bits per heavy atom. The van der Waals surface area contributed by atoms with E-state index in [0.29, 0.717) is 17.1 Å². The van der Waals surface area contributed by atoms with E-state index in [-0.39, 0.29) is 6.54 Å². The van der Waals surface area contributed by atoms with Gasteiger partial charge < -0.3 is 10.1 Å². The van der Waals surface area contributed by atoms with Gasteiger partial charge in [0.05, 0.1) is 5.56 Å². The second-order valence-corrected chi connectivity index (χ2v) is 7.69. The Morgan fingerprint density at radius 3 is 2.46 bits per heavy atom. The van der Waals surface area contributed by atoms with Crippen molar-refractivity contribution in [3.8, 4) is 0 Å². The minimum absolute atomic E-state index is 0.277. The monoisotopic (exact) mass is 418 g/mol. The highest BCUT2D eigenvalue weighted by Gasteiger charge is 2.31. The summed E-state index contributed by atoms with van der Waals surface area (Å²) in [6, 6.07) is 14.2. The lowest BCUT2D eigenvalue weighted by Crippen LogP contribution is -2.41. The number of hydrogen-bond donors (Lipinski definition) is 1. The third kappa shape index (κ3) is 5.05. The van der Waals surface area contributed by atoms with E-state index in [2.05, 4.69) is 5.32 Å². The Balaban J connectivity index is 1.53. The number of hydrogen-bond acceptors (Lipinski definition) is 5. The molecule has 1 aliphatic rings. The van der Waals surface area contributed by atoms with E-state index in [0.717, 1.165) is 21.1 Å². The number of halogens is 1. The van der Waals surface area contributed by atoms with Crippen LogP contribution in [0.2, 0.25) is 5.02 Å². The molecule has 1 atom stereocenters. The minimum Gasteiger partial charge on any atom is -0.449 e. The third-order valence-electron chi connectivity index (χ3n) is 4.16. The molecule has 1 heterocycles. The maximum absolute atomic E-state index is 12.3. The number of benzene rings is 2. The van der Waals surface area contributed by atoms with Gasteiger partial charge >= 0.3 is 12.0 Å². The van der Waals surface area contributed by atoms with Crippen LogP contribution < -0.4 is 5.32 Å². The number of carbonyl (C=O) groups is 3. The number of imide groups is 1. The first-order valence-electron chi connectivity index (χ1n) is 8.71. The third-order valence-corrected chi connectivity index (χ3v) is 5.50. The number of rotatable bonds is 6.